The molecule has 2 rings (SSSR count). The average molecular weight is 323 g/mol. The van der Waals surface area contributed by atoms with E-state index < -0.39 is 17.6 Å². The van der Waals surface area contributed by atoms with E-state index in [2.05, 4.69) is 0 Å². The van der Waals surface area contributed by atoms with Gasteiger partial charge in [-0.25, -0.2) is 0 Å². The molecular formula is C17H16F3NO2. The van der Waals surface area contributed by atoms with Crippen molar-refractivity contribution in [3.8, 4) is 16.9 Å². The summed E-state index contributed by atoms with van der Waals surface area (Å²) in [7, 11) is 1.55. The summed E-state index contributed by atoms with van der Waals surface area (Å²) >= 11 is 0. The fraction of sp³-hybridized carbons (Fsp3) is 0.235. The molecule has 0 atom stereocenters. The molecule has 1 amide bonds. The molecule has 0 aromatic heterocycles. The van der Waals surface area contributed by atoms with Gasteiger partial charge >= 0.3 is 6.18 Å². The molecule has 0 radical (unpaired) electrons. The van der Waals surface area contributed by atoms with Gasteiger partial charge in [0.25, 0.3) is 5.91 Å². The number of amides is 1. The molecule has 122 valence electrons. The van der Waals surface area contributed by atoms with Crippen LogP contribution >= 0.6 is 0 Å². The van der Waals surface area contributed by atoms with Gasteiger partial charge in [-0.2, -0.15) is 13.2 Å². The molecule has 3 nitrogen and oxygen atoms in total. The van der Waals surface area contributed by atoms with E-state index in [4.69, 9.17) is 0 Å². The summed E-state index contributed by atoms with van der Waals surface area (Å²) in [5.41, 5.74) is -0.737. The smallest absolute Gasteiger partial charge is 0.417 e. The van der Waals surface area contributed by atoms with Crippen molar-refractivity contribution in [1.29, 1.82) is 0 Å². The first-order chi connectivity index (χ1) is 10.8. The Kier molecular flexibility index (Phi) is 4.63. The number of alkyl halides is 3. The van der Waals surface area contributed by atoms with Crippen LogP contribution in [-0.4, -0.2) is 29.5 Å². The summed E-state index contributed by atoms with van der Waals surface area (Å²) < 4.78 is 39.7. The zero-order valence-corrected chi connectivity index (χ0v) is 12.7. The summed E-state index contributed by atoms with van der Waals surface area (Å²) in [6.07, 6.45) is -4.54. The number of phenolic OH excluding ortho intramolecular Hbond substituents is 1. The minimum absolute atomic E-state index is 0.0334. The highest BCUT2D eigenvalue weighted by atomic mass is 19.4. The molecule has 0 bridgehead atoms. The molecule has 0 saturated carbocycles. The maximum atomic E-state index is 13.2. The molecule has 0 aliphatic rings. The van der Waals surface area contributed by atoms with Crippen LogP contribution in [0.15, 0.2) is 42.5 Å². The number of hydrogen-bond acceptors (Lipinski definition) is 2. The van der Waals surface area contributed by atoms with Crippen LogP contribution < -0.4 is 0 Å². The van der Waals surface area contributed by atoms with Gasteiger partial charge in [0, 0.05) is 13.6 Å². The first kappa shape index (κ1) is 16.9. The largest absolute Gasteiger partial charge is 0.508 e. The summed E-state index contributed by atoms with van der Waals surface area (Å²) in [6, 6.07) is 8.86. The van der Waals surface area contributed by atoms with Crippen LogP contribution in [0.5, 0.6) is 5.75 Å². The minimum Gasteiger partial charge on any atom is -0.508 e. The lowest BCUT2D eigenvalue weighted by atomic mass is 9.94. The van der Waals surface area contributed by atoms with Gasteiger partial charge in [0.2, 0.25) is 0 Å². The maximum absolute atomic E-state index is 13.2. The molecule has 2 aromatic rings. The normalized spacial score (nSPS) is 11.3. The molecule has 1 N–H and O–H groups in total. The summed E-state index contributed by atoms with van der Waals surface area (Å²) in [5, 5.41) is 9.62. The molecule has 0 aliphatic carbocycles. The average Bonchev–Trinajstić information content (AvgIpc) is 2.52. The Labute approximate surface area is 132 Å². The van der Waals surface area contributed by atoms with E-state index in [9.17, 15) is 23.1 Å². The molecule has 0 saturated heterocycles. The summed E-state index contributed by atoms with van der Waals surface area (Å²) in [5.74, 6) is -0.624. The van der Waals surface area contributed by atoms with E-state index in [0.29, 0.717) is 6.54 Å². The standard InChI is InChI=1S/C17H16F3NO2/c1-3-21(2)16(23)14-10-11(22)8-9-12(14)13-6-4-5-7-15(13)17(18,19)20/h4-10,22H,3H2,1-2H3. The van der Waals surface area contributed by atoms with Crippen molar-refractivity contribution in [3.05, 3.63) is 53.6 Å². The Hall–Kier alpha value is -2.50. The Balaban J connectivity index is 2.69. The first-order valence-electron chi connectivity index (χ1n) is 7.00. The third-order valence-corrected chi connectivity index (χ3v) is 3.58. The quantitative estimate of drug-likeness (QED) is 0.921. The topological polar surface area (TPSA) is 40.5 Å². The first-order valence-corrected chi connectivity index (χ1v) is 7.00. The highest BCUT2D eigenvalue weighted by molar-refractivity contribution is 6.01. The van der Waals surface area contributed by atoms with Crippen molar-refractivity contribution in [3.63, 3.8) is 0 Å². The number of nitrogens with zero attached hydrogens (tertiary/aromatic N) is 1. The molecule has 0 heterocycles. The van der Waals surface area contributed by atoms with Crippen LogP contribution in [0.3, 0.4) is 0 Å². The van der Waals surface area contributed by atoms with Gasteiger partial charge in [0.15, 0.2) is 0 Å². The van der Waals surface area contributed by atoms with Crippen LogP contribution in [0.25, 0.3) is 11.1 Å². The predicted molar refractivity (Wildman–Crippen MR) is 81.2 cm³/mol. The number of hydrogen-bond donors (Lipinski definition) is 1. The predicted octanol–water partition coefficient (Wildman–Crippen LogP) is 4.17. The molecule has 0 spiro atoms. The second-order valence-electron chi connectivity index (χ2n) is 5.09. The van der Waals surface area contributed by atoms with Crippen molar-refractivity contribution in [1.82, 2.24) is 4.90 Å². The highest BCUT2D eigenvalue weighted by Gasteiger charge is 2.34. The zero-order valence-electron chi connectivity index (χ0n) is 12.7. The molecule has 0 aliphatic heterocycles. The van der Waals surface area contributed by atoms with Crippen molar-refractivity contribution >= 4 is 5.91 Å². The van der Waals surface area contributed by atoms with E-state index in [1.54, 1.807) is 14.0 Å². The Bertz CT molecular complexity index is 726. The fourth-order valence-electron chi connectivity index (χ4n) is 2.26. The van der Waals surface area contributed by atoms with Crippen molar-refractivity contribution in [2.45, 2.75) is 13.1 Å². The van der Waals surface area contributed by atoms with Gasteiger partial charge < -0.3 is 10.0 Å². The van der Waals surface area contributed by atoms with Crippen LogP contribution in [0.1, 0.15) is 22.8 Å². The Morgan fingerprint density at radius 1 is 1.13 bits per heavy atom. The number of aromatic hydroxyl groups is 1. The van der Waals surface area contributed by atoms with Crippen LogP contribution in [0.2, 0.25) is 0 Å². The van der Waals surface area contributed by atoms with Crippen LogP contribution in [-0.2, 0) is 6.18 Å². The van der Waals surface area contributed by atoms with Crippen LogP contribution in [0, 0.1) is 0 Å². The van der Waals surface area contributed by atoms with Gasteiger partial charge in [-0.1, -0.05) is 18.2 Å². The Morgan fingerprint density at radius 2 is 1.78 bits per heavy atom. The van der Waals surface area contributed by atoms with E-state index in [1.165, 1.54) is 41.3 Å². The summed E-state index contributed by atoms with van der Waals surface area (Å²) in [6.45, 7) is 2.15. The fourth-order valence-corrected chi connectivity index (χ4v) is 2.26. The minimum atomic E-state index is -4.54. The molecule has 0 fully saturated rings. The number of phenols is 1. The van der Waals surface area contributed by atoms with Gasteiger partial charge in [-0.3, -0.25) is 4.79 Å². The lowest BCUT2D eigenvalue weighted by Crippen LogP contribution is -2.26. The van der Waals surface area contributed by atoms with Gasteiger partial charge in [0.1, 0.15) is 5.75 Å². The SMILES string of the molecule is CCN(C)C(=O)c1cc(O)ccc1-c1ccccc1C(F)(F)F. The van der Waals surface area contributed by atoms with Crippen molar-refractivity contribution in [2.75, 3.05) is 13.6 Å². The molecule has 0 unspecified atom stereocenters. The number of carbonyl (C=O) groups excluding carboxylic acids is 1. The zero-order chi connectivity index (χ0) is 17.2. The van der Waals surface area contributed by atoms with E-state index in [-0.39, 0.29) is 22.4 Å². The lowest BCUT2D eigenvalue weighted by molar-refractivity contribution is -0.137. The summed E-state index contributed by atoms with van der Waals surface area (Å²) in [4.78, 5) is 13.8. The lowest BCUT2D eigenvalue weighted by Gasteiger charge is -2.19. The molecule has 2 aromatic carbocycles. The Morgan fingerprint density at radius 3 is 2.39 bits per heavy atom. The van der Waals surface area contributed by atoms with E-state index in [0.717, 1.165) is 6.07 Å². The van der Waals surface area contributed by atoms with E-state index in [1.807, 2.05) is 0 Å². The maximum Gasteiger partial charge on any atom is 0.417 e. The third kappa shape index (κ3) is 3.47. The van der Waals surface area contributed by atoms with Crippen LogP contribution in [0.4, 0.5) is 13.2 Å². The van der Waals surface area contributed by atoms with Gasteiger partial charge in [0.05, 0.1) is 11.1 Å². The molecule has 23 heavy (non-hydrogen) atoms. The molecule has 6 heteroatoms. The second kappa shape index (κ2) is 6.32. The number of carbonyl (C=O) groups is 1. The highest BCUT2D eigenvalue weighted by Crippen LogP contribution is 2.39. The number of benzene rings is 2. The van der Waals surface area contributed by atoms with Gasteiger partial charge in [-0.05, 0) is 42.3 Å². The van der Waals surface area contributed by atoms with Crippen molar-refractivity contribution in [2.24, 2.45) is 0 Å². The van der Waals surface area contributed by atoms with E-state index >= 15 is 0 Å². The monoisotopic (exact) mass is 323 g/mol. The number of rotatable bonds is 3. The third-order valence-electron chi connectivity index (χ3n) is 3.58. The molecular weight excluding hydrogens is 307 g/mol. The second-order valence-corrected chi connectivity index (χ2v) is 5.09. The van der Waals surface area contributed by atoms with Gasteiger partial charge in [-0.15, -0.1) is 0 Å². The number of halogens is 3. The van der Waals surface area contributed by atoms with Crippen molar-refractivity contribution < 1.29 is 23.1 Å².